The molecule has 7 nitrogen and oxygen atoms in total. The van der Waals surface area contributed by atoms with Gasteiger partial charge in [-0.3, -0.25) is 9.59 Å². The summed E-state index contributed by atoms with van der Waals surface area (Å²) in [4.78, 5) is 33.4. The van der Waals surface area contributed by atoms with Gasteiger partial charge in [0, 0.05) is 52.0 Å². The predicted molar refractivity (Wildman–Crippen MR) is 134 cm³/mol. The molecule has 1 saturated heterocycles. The molecule has 2 aliphatic heterocycles. The molecular formula is C26H31ClN4O3. The molecule has 8 heteroatoms. The molecule has 1 atom stereocenters. The van der Waals surface area contributed by atoms with E-state index in [0.717, 1.165) is 30.2 Å². The quantitative estimate of drug-likeness (QED) is 0.595. The summed E-state index contributed by atoms with van der Waals surface area (Å²) >= 11 is 6.28. The number of anilines is 1. The van der Waals surface area contributed by atoms with Gasteiger partial charge in [-0.1, -0.05) is 54.1 Å². The lowest BCUT2D eigenvalue weighted by molar-refractivity contribution is -0.133. The van der Waals surface area contributed by atoms with Gasteiger partial charge >= 0.3 is 0 Å². The third kappa shape index (κ3) is 6.73. The van der Waals surface area contributed by atoms with Crippen molar-refractivity contribution in [1.82, 2.24) is 10.2 Å². The first kappa shape index (κ1) is 24.1. The van der Waals surface area contributed by atoms with Crippen molar-refractivity contribution in [3.63, 3.8) is 0 Å². The summed E-state index contributed by atoms with van der Waals surface area (Å²) in [6, 6.07) is 18.1. The molecule has 4 rings (SSSR count). The van der Waals surface area contributed by atoms with Crippen molar-refractivity contribution in [2.24, 2.45) is 4.99 Å². The molecule has 34 heavy (non-hydrogen) atoms. The maximum atomic E-state index is 12.5. The van der Waals surface area contributed by atoms with E-state index in [-0.39, 0.29) is 30.7 Å². The van der Waals surface area contributed by atoms with E-state index in [1.165, 1.54) is 5.56 Å². The first-order valence-electron chi connectivity index (χ1n) is 11.9. The summed E-state index contributed by atoms with van der Waals surface area (Å²) in [5.41, 5.74) is 2.24. The van der Waals surface area contributed by atoms with E-state index in [0.29, 0.717) is 38.6 Å². The highest BCUT2D eigenvalue weighted by molar-refractivity contribution is 6.33. The van der Waals surface area contributed by atoms with E-state index in [9.17, 15) is 9.59 Å². The fourth-order valence-corrected chi connectivity index (χ4v) is 4.53. The number of nitrogens with zero attached hydrogens (tertiary/aromatic N) is 3. The number of hydrogen-bond donors (Lipinski definition) is 1. The van der Waals surface area contributed by atoms with Crippen molar-refractivity contribution >= 4 is 35.0 Å². The topological polar surface area (TPSA) is 74.2 Å². The number of para-hydroxylation sites is 1. The highest BCUT2D eigenvalue weighted by atomic mass is 35.5. The van der Waals surface area contributed by atoms with Crippen molar-refractivity contribution in [2.75, 3.05) is 44.2 Å². The lowest BCUT2D eigenvalue weighted by Gasteiger charge is -2.36. The number of carbonyl (C=O) groups is 2. The molecule has 2 aromatic rings. The summed E-state index contributed by atoms with van der Waals surface area (Å²) in [6.07, 6.45) is 1.82. The molecule has 0 bridgehead atoms. The fraction of sp³-hybridized carbons (Fsp3) is 0.423. The lowest BCUT2D eigenvalue weighted by atomic mass is 10.1. The summed E-state index contributed by atoms with van der Waals surface area (Å²) in [5.74, 6) is 0.581. The highest BCUT2D eigenvalue weighted by Gasteiger charge is 2.23. The second-order valence-corrected chi connectivity index (χ2v) is 9.00. The average molecular weight is 483 g/mol. The minimum atomic E-state index is -0.123. The molecule has 1 unspecified atom stereocenters. The number of halogens is 1. The van der Waals surface area contributed by atoms with E-state index in [4.69, 9.17) is 16.3 Å². The SMILES string of the molecule is O=C(CCC(=O)N1CCN(c2ccccc2Cl)CC1)NCCC1=NC(Cc2ccccc2)CO1. The normalized spacial score (nSPS) is 17.8. The first-order chi connectivity index (χ1) is 16.6. The van der Waals surface area contributed by atoms with Crippen molar-refractivity contribution in [3.8, 4) is 0 Å². The zero-order valence-electron chi connectivity index (χ0n) is 19.3. The van der Waals surface area contributed by atoms with Crippen LogP contribution >= 0.6 is 11.6 Å². The Kier molecular flexibility index (Phi) is 8.41. The standard InChI is InChI=1S/C26H31ClN4O3/c27-22-8-4-5-9-23(22)30-14-16-31(17-15-30)26(33)11-10-24(32)28-13-12-25-29-21(19-34-25)18-20-6-2-1-3-7-20/h1-9,21H,10-19H2,(H,28,32). The van der Waals surface area contributed by atoms with Gasteiger partial charge in [-0.2, -0.15) is 0 Å². The Bertz CT molecular complexity index is 1010. The van der Waals surface area contributed by atoms with Gasteiger partial charge in [0.15, 0.2) is 5.90 Å². The third-order valence-electron chi connectivity index (χ3n) is 6.14. The molecule has 2 aromatic carbocycles. The summed E-state index contributed by atoms with van der Waals surface area (Å²) in [5, 5.41) is 3.60. The second-order valence-electron chi connectivity index (χ2n) is 8.60. The fourth-order valence-electron chi connectivity index (χ4n) is 4.28. The predicted octanol–water partition coefficient (Wildman–Crippen LogP) is 3.32. The van der Waals surface area contributed by atoms with Crippen LogP contribution < -0.4 is 10.2 Å². The number of carbonyl (C=O) groups excluding carboxylic acids is 2. The number of amides is 2. The van der Waals surface area contributed by atoms with Gasteiger partial charge in [0.2, 0.25) is 11.8 Å². The van der Waals surface area contributed by atoms with Gasteiger partial charge < -0.3 is 19.9 Å². The molecule has 2 heterocycles. The van der Waals surface area contributed by atoms with Gasteiger partial charge in [-0.15, -0.1) is 0 Å². The van der Waals surface area contributed by atoms with Gasteiger partial charge in [-0.05, 0) is 24.1 Å². The van der Waals surface area contributed by atoms with Crippen LogP contribution in [0.5, 0.6) is 0 Å². The van der Waals surface area contributed by atoms with Crippen LogP contribution in [0.25, 0.3) is 0 Å². The molecule has 1 fully saturated rings. The van der Waals surface area contributed by atoms with Gasteiger partial charge in [0.1, 0.15) is 6.61 Å². The van der Waals surface area contributed by atoms with E-state index in [1.54, 1.807) is 0 Å². The molecule has 2 aliphatic rings. The minimum absolute atomic E-state index is 0.0150. The van der Waals surface area contributed by atoms with Crippen molar-refractivity contribution < 1.29 is 14.3 Å². The maximum absolute atomic E-state index is 12.5. The van der Waals surface area contributed by atoms with Crippen molar-refractivity contribution in [2.45, 2.75) is 31.7 Å². The molecular weight excluding hydrogens is 452 g/mol. The third-order valence-corrected chi connectivity index (χ3v) is 6.46. The molecule has 180 valence electrons. The van der Waals surface area contributed by atoms with Gasteiger partial charge in [-0.25, -0.2) is 4.99 Å². The molecule has 0 radical (unpaired) electrons. The summed E-state index contributed by atoms with van der Waals surface area (Å²) in [7, 11) is 0. The van der Waals surface area contributed by atoms with Crippen LogP contribution in [0.3, 0.4) is 0 Å². The Labute approximate surface area is 205 Å². The largest absolute Gasteiger partial charge is 0.479 e. The maximum Gasteiger partial charge on any atom is 0.223 e. The molecule has 0 aromatic heterocycles. The van der Waals surface area contributed by atoms with Crippen LogP contribution in [0.4, 0.5) is 5.69 Å². The van der Waals surface area contributed by atoms with Crippen molar-refractivity contribution in [1.29, 1.82) is 0 Å². The lowest BCUT2D eigenvalue weighted by Crippen LogP contribution is -2.49. The van der Waals surface area contributed by atoms with E-state index in [2.05, 4.69) is 27.3 Å². The first-order valence-corrected chi connectivity index (χ1v) is 12.2. The number of hydrogen-bond acceptors (Lipinski definition) is 5. The number of piperazine rings is 1. The smallest absolute Gasteiger partial charge is 0.223 e. The number of rotatable bonds is 9. The number of benzene rings is 2. The Balaban J connectivity index is 1.11. The molecule has 1 N–H and O–H groups in total. The van der Waals surface area contributed by atoms with E-state index < -0.39 is 0 Å². The molecule has 2 amide bonds. The van der Waals surface area contributed by atoms with Crippen molar-refractivity contribution in [3.05, 3.63) is 65.2 Å². The van der Waals surface area contributed by atoms with Gasteiger partial charge in [0.25, 0.3) is 0 Å². The Morgan fingerprint density at radius 1 is 1.00 bits per heavy atom. The number of aliphatic imine (C=N–C) groups is 1. The Morgan fingerprint density at radius 3 is 2.50 bits per heavy atom. The minimum Gasteiger partial charge on any atom is -0.479 e. The van der Waals surface area contributed by atoms with Crippen LogP contribution in [0, 0.1) is 0 Å². The Morgan fingerprint density at radius 2 is 1.74 bits per heavy atom. The number of nitrogens with one attached hydrogen (secondary N) is 1. The van der Waals surface area contributed by atoms with Crippen LogP contribution in [-0.2, 0) is 20.7 Å². The second kappa shape index (κ2) is 11.9. The monoisotopic (exact) mass is 482 g/mol. The van der Waals surface area contributed by atoms with Gasteiger partial charge in [0.05, 0.1) is 16.8 Å². The van der Waals surface area contributed by atoms with Crippen LogP contribution in [0.15, 0.2) is 59.6 Å². The highest BCUT2D eigenvalue weighted by Crippen LogP contribution is 2.26. The summed E-state index contributed by atoms with van der Waals surface area (Å²) < 4.78 is 5.67. The summed E-state index contributed by atoms with van der Waals surface area (Å²) in [6.45, 7) is 3.76. The van der Waals surface area contributed by atoms with E-state index >= 15 is 0 Å². The Hall–Kier alpha value is -3.06. The van der Waals surface area contributed by atoms with Crippen LogP contribution in [0.2, 0.25) is 5.02 Å². The molecule has 0 saturated carbocycles. The number of ether oxygens (including phenoxy) is 1. The zero-order valence-corrected chi connectivity index (χ0v) is 20.0. The average Bonchev–Trinajstić information content (AvgIpc) is 3.30. The molecule has 0 spiro atoms. The van der Waals surface area contributed by atoms with E-state index in [1.807, 2.05) is 47.4 Å². The zero-order chi connectivity index (χ0) is 23.8. The molecule has 0 aliphatic carbocycles. The van der Waals surface area contributed by atoms with Crippen LogP contribution in [0.1, 0.15) is 24.8 Å². The van der Waals surface area contributed by atoms with Crippen LogP contribution in [-0.4, -0.2) is 68.0 Å².